The predicted octanol–water partition coefficient (Wildman–Crippen LogP) is -0.319. The molecule has 0 amide bonds. The Labute approximate surface area is 88.7 Å². The van der Waals surface area contributed by atoms with E-state index in [1.165, 1.54) is 24.7 Å². The third-order valence-electron chi connectivity index (χ3n) is 2.17. The second kappa shape index (κ2) is 3.16. The molecule has 2 heterocycles. The molecule has 0 N–H and O–H groups in total. The van der Waals surface area contributed by atoms with Gasteiger partial charge in [0.05, 0.1) is 5.39 Å². The lowest BCUT2D eigenvalue weighted by molar-refractivity contribution is 0.703. The highest BCUT2D eigenvalue weighted by Gasteiger charge is 2.10. The van der Waals surface area contributed by atoms with E-state index in [0.717, 1.165) is 4.57 Å². The van der Waals surface area contributed by atoms with E-state index in [0.29, 0.717) is 0 Å². The molecule has 0 aliphatic rings. The number of aromatic nitrogens is 4. The lowest BCUT2D eigenvalue weighted by Crippen LogP contribution is -2.37. The largest absolute Gasteiger partial charge is 0.332 e. The van der Waals surface area contributed by atoms with Gasteiger partial charge in [-0.05, 0) is 6.07 Å². The summed E-state index contributed by atoms with van der Waals surface area (Å²) in [5, 5.41) is 7.70. The lowest BCUT2D eigenvalue weighted by Gasteiger charge is -2.04. The van der Waals surface area contributed by atoms with Crippen molar-refractivity contribution in [2.24, 2.45) is 14.1 Å². The van der Waals surface area contributed by atoms with E-state index in [1.54, 1.807) is 0 Å². The zero-order chi connectivity index (χ0) is 11.2. The molecule has 0 saturated carbocycles. The third-order valence-corrected chi connectivity index (χ3v) is 2.36. The van der Waals surface area contributed by atoms with E-state index < -0.39 is 11.2 Å². The lowest BCUT2D eigenvalue weighted by atomic mass is 10.3. The fraction of sp³-hybridized carbons (Fsp3) is 0.250. The SMILES string of the molecule is Cn1c(=O)c2cc(Cl)nnc2n(C)c1=O. The first-order valence-electron chi connectivity index (χ1n) is 4.11. The molecule has 0 aliphatic heterocycles. The van der Waals surface area contributed by atoms with Gasteiger partial charge in [-0.1, -0.05) is 11.6 Å². The monoisotopic (exact) mass is 226 g/mol. The summed E-state index contributed by atoms with van der Waals surface area (Å²) in [6.07, 6.45) is 0. The number of halogens is 1. The van der Waals surface area contributed by atoms with Crippen molar-refractivity contribution in [3.05, 3.63) is 32.1 Å². The van der Waals surface area contributed by atoms with Crippen molar-refractivity contribution >= 4 is 22.6 Å². The van der Waals surface area contributed by atoms with Crippen molar-refractivity contribution in [3.8, 4) is 0 Å². The van der Waals surface area contributed by atoms with E-state index >= 15 is 0 Å². The van der Waals surface area contributed by atoms with Crippen LogP contribution in [0.15, 0.2) is 15.7 Å². The first kappa shape index (κ1) is 9.85. The summed E-state index contributed by atoms with van der Waals surface area (Å²) in [4.78, 5) is 23.2. The van der Waals surface area contributed by atoms with Gasteiger partial charge in [0.25, 0.3) is 5.56 Å². The van der Waals surface area contributed by atoms with E-state index in [4.69, 9.17) is 11.6 Å². The van der Waals surface area contributed by atoms with Gasteiger partial charge >= 0.3 is 5.69 Å². The molecular weight excluding hydrogens is 220 g/mol. The van der Waals surface area contributed by atoms with Gasteiger partial charge in [-0.15, -0.1) is 10.2 Å². The molecule has 0 radical (unpaired) electrons. The summed E-state index contributed by atoms with van der Waals surface area (Å²) < 4.78 is 2.25. The van der Waals surface area contributed by atoms with Crippen LogP contribution in [0.1, 0.15) is 0 Å². The van der Waals surface area contributed by atoms with Crippen molar-refractivity contribution in [2.45, 2.75) is 0 Å². The maximum absolute atomic E-state index is 11.7. The fourth-order valence-electron chi connectivity index (χ4n) is 1.35. The van der Waals surface area contributed by atoms with Crippen LogP contribution in [-0.4, -0.2) is 19.3 Å². The van der Waals surface area contributed by atoms with Gasteiger partial charge in [0.2, 0.25) is 0 Å². The maximum Gasteiger partial charge on any atom is 0.332 e. The summed E-state index contributed by atoms with van der Waals surface area (Å²) in [5.41, 5.74) is -0.637. The number of hydrogen-bond donors (Lipinski definition) is 0. The van der Waals surface area contributed by atoms with Crippen molar-refractivity contribution in [3.63, 3.8) is 0 Å². The molecule has 0 unspecified atom stereocenters. The van der Waals surface area contributed by atoms with Gasteiger partial charge in [0, 0.05) is 14.1 Å². The van der Waals surface area contributed by atoms with Gasteiger partial charge in [0.1, 0.15) is 0 Å². The first-order valence-corrected chi connectivity index (χ1v) is 4.49. The van der Waals surface area contributed by atoms with Crippen LogP contribution in [0.4, 0.5) is 0 Å². The quantitative estimate of drug-likeness (QED) is 0.617. The average molecular weight is 227 g/mol. The Bertz CT molecular complexity index is 658. The van der Waals surface area contributed by atoms with Crippen LogP contribution in [0.2, 0.25) is 5.15 Å². The molecule has 0 saturated heterocycles. The molecule has 78 valence electrons. The van der Waals surface area contributed by atoms with E-state index in [1.807, 2.05) is 0 Å². The minimum atomic E-state index is -0.441. The molecule has 7 heteroatoms. The Morgan fingerprint density at radius 3 is 2.53 bits per heavy atom. The molecule has 6 nitrogen and oxygen atoms in total. The maximum atomic E-state index is 11.7. The molecular formula is C8H7ClN4O2. The highest BCUT2D eigenvalue weighted by molar-refractivity contribution is 6.29. The van der Waals surface area contributed by atoms with Crippen LogP contribution in [0.25, 0.3) is 11.0 Å². The predicted molar refractivity (Wildman–Crippen MR) is 55.0 cm³/mol. The summed E-state index contributed by atoms with van der Waals surface area (Å²) >= 11 is 5.63. The van der Waals surface area contributed by atoms with E-state index in [9.17, 15) is 9.59 Å². The summed E-state index contributed by atoms with van der Waals surface area (Å²) in [7, 11) is 2.92. The summed E-state index contributed by atoms with van der Waals surface area (Å²) in [6, 6.07) is 1.39. The Morgan fingerprint density at radius 2 is 1.87 bits per heavy atom. The minimum absolute atomic E-state index is 0.123. The topological polar surface area (TPSA) is 69.8 Å². The second-order valence-electron chi connectivity index (χ2n) is 3.11. The third kappa shape index (κ3) is 1.33. The minimum Gasteiger partial charge on any atom is -0.279 e. The van der Waals surface area contributed by atoms with Crippen molar-refractivity contribution < 1.29 is 0 Å². The van der Waals surface area contributed by atoms with Crippen LogP contribution >= 0.6 is 11.6 Å². The zero-order valence-electron chi connectivity index (χ0n) is 8.06. The molecule has 2 rings (SSSR count). The molecule has 15 heavy (non-hydrogen) atoms. The van der Waals surface area contributed by atoms with Gasteiger partial charge in [-0.25, -0.2) is 4.79 Å². The number of fused-ring (bicyclic) bond motifs is 1. The number of rotatable bonds is 0. The van der Waals surface area contributed by atoms with Crippen LogP contribution < -0.4 is 11.2 Å². The molecule has 0 aromatic carbocycles. The van der Waals surface area contributed by atoms with Crippen LogP contribution in [0.5, 0.6) is 0 Å². The Balaban J connectivity index is 3.15. The highest BCUT2D eigenvalue weighted by atomic mass is 35.5. The van der Waals surface area contributed by atoms with Crippen LogP contribution in [-0.2, 0) is 14.1 Å². The highest BCUT2D eigenvalue weighted by Crippen LogP contribution is 2.07. The van der Waals surface area contributed by atoms with Crippen molar-refractivity contribution in [1.29, 1.82) is 0 Å². The molecule has 0 bridgehead atoms. The standard InChI is InChI=1S/C8H7ClN4O2/c1-12-6-4(3-5(9)10-11-6)7(14)13(2)8(12)15/h3H,1-2H3. The fourth-order valence-corrected chi connectivity index (χ4v) is 1.50. The molecule has 2 aromatic heterocycles. The van der Waals surface area contributed by atoms with Gasteiger partial charge in [-0.3, -0.25) is 13.9 Å². The molecule has 0 aliphatic carbocycles. The normalized spacial score (nSPS) is 10.9. The van der Waals surface area contributed by atoms with Gasteiger partial charge in [-0.2, -0.15) is 0 Å². The number of nitrogens with zero attached hydrogens (tertiary/aromatic N) is 4. The average Bonchev–Trinajstić information content (AvgIpc) is 2.23. The van der Waals surface area contributed by atoms with Gasteiger partial charge < -0.3 is 0 Å². The number of hydrogen-bond acceptors (Lipinski definition) is 4. The molecule has 0 spiro atoms. The van der Waals surface area contributed by atoms with E-state index in [-0.39, 0.29) is 16.2 Å². The molecule has 2 aromatic rings. The van der Waals surface area contributed by atoms with Crippen LogP contribution in [0.3, 0.4) is 0 Å². The number of aryl methyl sites for hydroxylation is 1. The smallest absolute Gasteiger partial charge is 0.279 e. The molecule has 0 fully saturated rings. The molecule has 0 atom stereocenters. The summed E-state index contributed by atoms with van der Waals surface area (Å²) in [5.74, 6) is 0. The zero-order valence-corrected chi connectivity index (χ0v) is 8.82. The van der Waals surface area contributed by atoms with Crippen molar-refractivity contribution in [1.82, 2.24) is 19.3 Å². The van der Waals surface area contributed by atoms with Crippen molar-refractivity contribution in [2.75, 3.05) is 0 Å². The van der Waals surface area contributed by atoms with E-state index in [2.05, 4.69) is 10.2 Å². The first-order chi connectivity index (χ1) is 7.02. The Kier molecular flexibility index (Phi) is 2.08. The Hall–Kier alpha value is -1.69. The van der Waals surface area contributed by atoms with Crippen LogP contribution in [0, 0.1) is 0 Å². The van der Waals surface area contributed by atoms with Gasteiger partial charge in [0.15, 0.2) is 10.8 Å². The second-order valence-corrected chi connectivity index (χ2v) is 3.50. The Morgan fingerprint density at radius 1 is 1.20 bits per heavy atom. The summed E-state index contributed by atoms with van der Waals surface area (Å²) in [6.45, 7) is 0.